The Morgan fingerprint density at radius 3 is 1.00 bits per heavy atom. The summed E-state index contributed by atoms with van der Waals surface area (Å²) in [5.41, 5.74) is 10.9. The normalized spacial score (nSPS) is 13.4. The van der Waals surface area contributed by atoms with Gasteiger partial charge in [-0.25, -0.2) is 8.78 Å². The minimum Gasteiger partial charge on any atom is -0.507 e. The Morgan fingerprint density at radius 2 is 0.708 bits per heavy atom. The van der Waals surface area contributed by atoms with Crippen molar-refractivity contribution in [2.24, 2.45) is 0 Å². The Labute approximate surface area is 387 Å². The summed E-state index contributed by atoms with van der Waals surface area (Å²) in [7, 11) is 0. The maximum atomic E-state index is 15.2. The van der Waals surface area contributed by atoms with Crippen molar-refractivity contribution in [1.82, 2.24) is 0 Å². The molecule has 0 heterocycles. The fourth-order valence-electron chi connectivity index (χ4n) is 8.33. The largest absolute Gasteiger partial charge is 0.507 e. The van der Waals surface area contributed by atoms with Crippen LogP contribution in [0.2, 0.25) is 0 Å². The Balaban J connectivity index is 1.31. The van der Waals surface area contributed by atoms with Crippen LogP contribution in [0.5, 0.6) is 23.0 Å². The highest BCUT2D eigenvalue weighted by atomic mass is 19.1. The highest BCUT2D eigenvalue weighted by molar-refractivity contribution is 5.87. The lowest BCUT2D eigenvalue weighted by molar-refractivity contribution is 0.131. The molecule has 0 spiro atoms. The van der Waals surface area contributed by atoms with Gasteiger partial charge in [0, 0.05) is 39.8 Å². The number of ether oxygens (including phenoxy) is 2. The molecule has 2 N–H and O–H groups in total. The molecule has 2 atom stereocenters. The van der Waals surface area contributed by atoms with Gasteiger partial charge in [-0.15, -0.1) is 0 Å². The third-order valence-electron chi connectivity index (χ3n) is 12.2. The van der Waals surface area contributed by atoms with E-state index in [0.29, 0.717) is 51.3 Å². The third-order valence-corrected chi connectivity index (χ3v) is 12.2. The summed E-state index contributed by atoms with van der Waals surface area (Å²) in [4.78, 5) is 0. The zero-order valence-electron chi connectivity index (χ0n) is 41.6. The van der Waals surface area contributed by atoms with Gasteiger partial charge in [-0.2, -0.15) is 0 Å². The monoisotopic (exact) mass is 881 g/mol. The van der Waals surface area contributed by atoms with E-state index in [4.69, 9.17) is 9.47 Å². The molecule has 0 saturated carbocycles. The van der Waals surface area contributed by atoms with Crippen LogP contribution in [0, 0.1) is 25.5 Å². The first kappa shape index (κ1) is 48.8. The molecular formula is C59H70F2O4. The van der Waals surface area contributed by atoms with Crippen molar-refractivity contribution < 1.29 is 28.5 Å². The second kappa shape index (κ2) is 18.0. The molecule has 6 aromatic carbocycles. The van der Waals surface area contributed by atoms with Gasteiger partial charge < -0.3 is 19.7 Å². The van der Waals surface area contributed by atoms with Gasteiger partial charge in [0.15, 0.2) is 0 Å². The van der Waals surface area contributed by atoms with Crippen LogP contribution >= 0.6 is 0 Å². The van der Waals surface area contributed by atoms with Crippen molar-refractivity contribution in [2.75, 3.05) is 0 Å². The molecule has 0 aliphatic carbocycles. The Kier molecular flexibility index (Phi) is 13.5. The summed E-state index contributed by atoms with van der Waals surface area (Å²) in [6.45, 7) is 34.0. The Bertz CT molecular complexity index is 2470. The van der Waals surface area contributed by atoms with Crippen molar-refractivity contribution in [1.29, 1.82) is 0 Å². The lowest BCUT2D eigenvalue weighted by Crippen LogP contribution is -2.23. The van der Waals surface area contributed by atoms with Gasteiger partial charge in [-0.05, 0) is 155 Å². The van der Waals surface area contributed by atoms with Crippen LogP contribution in [0.3, 0.4) is 0 Å². The first-order chi connectivity index (χ1) is 30.0. The second-order valence-electron chi connectivity index (χ2n) is 22.4. The fraction of sp³-hybridized carbons (Fsp3) is 0.390. The molecule has 0 unspecified atom stereocenters. The first-order valence-corrected chi connectivity index (χ1v) is 22.9. The molecule has 0 saturated heterocycles. The van der Waals surface area contributed by atoms with E-state index in [1.165, 1.54) is 24.3 Å². The molecule has 6 heteroatoms. The number of aryl methyl sites for hydroxylation is 2. The molecule has 0 aromatic heterocycles. The molecule has 0 aliphatic rings. The standard InChI is InChI=1S/C59H70F2O4/c1-34-21-46(38-26-40(56(5,6)7)30-41(27-38)57(8,9)10)54(62)50(23-34)48-32-44(60)17-19-52(48)64-36(3)25-37(4)65-53-20-18-45(61)33-49(53)51-24-35(2)22-47(55(51)63)39-28-42(58(11,12)13)31-43(29-39)59(14,15)16/h17-24,26-33,36-37,62-63H,25H2,1-16H3/t36-,37+. The molecule has 0 amide bonds. The average Bonchev–Trinajstić information content (AvgIpc) is 3.19. The lowest BCUT2D eigenvalue weighted by Gasteiger charge is -2.27. The molecule has 0 aliphatic heterocycles. The van der Waals surface area contributed by atoms with E-state index in [2.05, 4.69) is 119 Å². The van der Waals surface area contributed by atoms with Gasteiger partial charge in [0.25, 0.3) is 0 Å². The van der Waals surface area contributed by atoms with Gasteiger partial charge in [0.2, 0.25) is 0 Å². The van der Waals surface area contributed by atoms with E-state index in [9.17, 15) is 10.2 Å². The molecule has 344 valence electrons. The van der Waals surface area contributed by atoms with Crippen molar-refractivity contribution in [3.63, 3.8) is 0 Å². The van der Waals surface area contributed by atoms with Crippen LogP contribution in [0.1, 0.15) is 137 Å². The van der Waals surface area contributed by atoms with Crippen LogP contribution < -0.4 is 9.47 Å². The van der Waals surface area contributed by atoms with Crippen LogP contribution in [-0.4, -0.2) is 22.4 Å². The number of hydrogen-bond donors (Lipinski definition) is 2. The van der Waals surface area contributed by atoms with Crippen LogP contribution in [-0.2, 0) is 21.7 Å². The quantitative estimate of drug-likeness (QED) is 0.144. The molecule has 6 aromatic rings. The predicted molar refractivity (Wildman–Crippen MR) is 267 cm³/mol. The molecule has 4 nitrogen and oxygen atoms in total. The number of aromatic hydroxyl groups is 2. The first-order valence-electron chi connectivity index (χ1n) is 22.9. The minimum absolute atomic E-state index is 0.0456. The van der Waals surface area contributed by atoms with Crippen molar-refractivity contribution in [2.45, 2.75) is 151 Å². The summed E-state index contributed by atoms with van der Waals surface area (Å²) >= 11 is 0. The lowest BCUT2D eigenvalue weighted by atomic mass is 9.78. The number of phenolic OH excluding ortho intramolecular Hbond substituents is 2. The van der Waals surface area contributed by atoms with Crippen molar-refractivity contribution >= 4 is 0 Å². The fourth-order valence-corrected chi connectivity index (χ4v) is 8.33. The summed E-state index contributed by atoms with van der Waals surface area (Å²) in [5, 5.41) is 24.1. The molecule has 0 bridgehead atoms. The van der Waals surface area contributed by atoms with Crippen LogP contribution in [0.15, 0.2) is 97.1 Å². The maximum absolute atomic E-state index is 15.2. The number of rotatable bonds is 10. The summed E-state index contributed by atoms with van der Waals surface area (Å²) in [6, 6.07) is 29.5. The van der Waals surface area contributed by atoms with Gasteiger partial charge in [0.05, 0.1) is 12.2 Å². The summed E-state index contributed by atoms with van der Waals surface area (Å²) < 4.78 is 43.5. The zero-order valence-corrected chi connectivity index (χ0v) is 41.6. The predicted octanol–water partition coefficient (Wildman–Crippen LogP) is 16.5. The average molecular weight is 881 g/mol. The van der Waals surface area contributed by atoms with E-state index in [0.717, 1.165) is 44.5 Å². The Morgan fingerprint density at radius 1 is 0.415 bits per heavy atom. The third kappa shape index (κ3) is 11.3. The number of halogens is 2. The number of phenols is 2. The molecular weight excluding hydrogens is 811 g/mol. The van der Waals surface area contributed by atoms with Crippen LogP contribution in [0.4, 0.5) is 8.78 Å². The summed E-state index contributed by atoms with van der Waals surface area (Å²) in [5.74, 6) is 0.0236. The second-order valence-corrected chi connectivity index (χ2v) is 22.4. The van der Waals surface area contributed by atoms with E-state index >= 15 is 8.78 Å². The number of hydrogen-bond acceptors (Lipinski definition) is 4. The van der Waals surface area contributed by atoms with Gasteiger partial charge >= 0.3 is 0 Å². The van der Waals surface area contributed by atoms with Gasteiger partial charge in [-0.3, -0.25) is 0 Å². The number of benzene rings is 6. The van der Waals surface area contributed by atoms with Crippen LogP contribution in [0.25, 0.3) is 44.5 Å². The SMILES string of the molecule is Cc1cc(-c2cc(C(C)(C)C)cc(C(C)(C)C)c2)c(O)c(-c2cc(F)ccc2O[C@H](C)C[C@H](C)Oc2ccc(F)cc2-c2cc(C)cc(-c3cc(C(C)(C)C)cc(C(C)(C)C)c3)c2O)c1. The molecule has 0 radical (unpaired) electrons. The van der Waals surface area contributed by atoms with Gasteiger partial charge in [0.1, 0.15) is 34.6 Å². The van der Waals surface area contributed by atoms with E-state index in [1.807, 2.05) is 52.0 Å². The van der Waals surface area contributed by atoms with E-state index in [1.54, 1.807) is 12.1 Å². The Hall–Kier alpha value is -5.62. The topological polar surface area (TPSA) is 58.9 Å². The zero-order chi connectivity index (χ0) is 48.1. The van der Waals surface area contributed by atoms with E-state index in [-0.39, 0.29) is 33.2 Å². The molecule has 6 rings (SSSR count). The van der Waals surface area contributed by atoms with Gasteiger partial charge in [-0.1, -0.05) is 119 Å². The molecule has 65 heavy (non-hydrogen) atoms. The minimum atomic E-state index is -0.452. The van der Waals surface area contributed by atoms with E-state index < -0.39 is 23.8 Å². The summed E-state index contributed by atoms with van der Waals surface area (Å²) in [6.07, 6.45) is -0.435. The maximum Gasteiger partial charge on any atom is 0.131 e. The molecule has 0 fully saturated rings. The van der Waals surface area contributed by atoms with Crippen molar-refractivity contribution in [3.8, 4) is 67.5 Å². The highest BCUT2D eigenvalue weighted by Gasteiger charge is 2.27. The smallest absolute Gasteiger partial charge is 0.131 e. The van der Waals surface area contributed by atoms with Crippen molar-refractivity contribution in [3.05, 3.63) is 142 Å². The highest BCUT2D eigenvalue weighted by Crippen LogP contribution is 2.47.